The minimum Gasteiger partial charge on any atom is -0.477 e. The quantitative estimate of drug-likeness (QED) is 0.432. The van der Waals surface area contributed by atoms with Crippen molar-refractivity contribution in [2.24, 2.45) is 0 Å². The Morgan fingerprint density at radius 3 is 2.46 bits per heavy atom. The fourth-order valence-electron chi connectivity index (χ4n) is 3.37. The second kappa shape index (κ2) is 6.62. The third kappa shape index (κ3) is 2.88. The Morgan fingerprint density at radius 2 is 1.75 bits per heavy atom. The Kier molecular flexibility index (Phi) is 4.12. The first-order valence-corrected chi connectivity index (χ1v) is 8.47. The number of aromatic nitrogens is 1. The van der Waals surface area contributed by atoms with Crippen LogP contribution in [0.25, 0.3) is 21.7 Å². The van der Waals surface area contributed by atoms with Crippen molar-refractivity contribution in [2.45, 2.75) is 6.54 Å². The van der Waals surface area contributed by atoms with Gasteiger partial charge in [-0.25, -0.2) is 4.79 Å². The zero-order valence-corrected chi connectivity index (χ0v) is 14.5. The van der Waals surface area contributed by atoms with Crippen LogP contribution in [-0.2, 0) is 6.54 Å². The predicted molar refractivity (Wildman–Crippen MR) is 105 cm³/mol. The van der Waals surface area contributed by atoms with E-state index in [4.69, 9.17) is 0 Å². The topological polar surface area (TPSA) is 102 Å². The highest BCUT2D eigenvalue weighted by Crippen LogP contribution is 2.26. The summed E-state index contributed by atoms with van der Waals surface area (Å²) < 4.78 is 1.27. The summed E-state index contributed by atoms with van der Waals surface area (Å²) in [5.74, 6) is -1.42. The molecule has 7 nitrogen and oxygen atoms in total. The maximum atomic E-state index is 12.8. The molecule has 0 atom stereocenters. The number of non-ortho nitro benzene ring substituents is 1. The maximum Gasteiger partial charge on any atom is 0.341 e. The molecule has 0 aliphatic rings. The van der Waals surface area contributed by atoms with Crippen LogP contribution >= 0.6 is 0 Å². The first kappa shape index (κ1) is 17.4. The molecule has 1 aromatic heterocycles. The number of fused-ring (bicyclic) bond motifs is 2. The van der Waals surface area contributed by atoms with Gasteiger partial charge in [0.05, 0.1) is 22.4 Å². The maximum absolute atomic E-state index is 12.8. The normalized spacial score (nSPS) is 11.0. The van der Waals surface area contributed by atoms with E-state index in [2.05, 4.69) is 0 Å². The van der Waals surface area contributed by atoms with Crippen LogP contribution in [0.1, 0.15) is 15.9 Å². The number of benzene rings is 3. The van der Waals surface area contributed by atoms with E-state index in [-0.39, 0.29) is 17.6 Å². The van der Waals surface area contributed by atoms with Gasteiger partial charge in [-0.1, -0.05) is 42.5 Å². The summed E-state index contributed by atoms with van der Waals surface area (Å²) in [5, 5.41) is 22.9. The second-order valence-electron chi connectivity index (χ2n) is 6.40. The van der Waals surface area contributed by atoms with E-state index in [1.807, 2.05) is 42.5 Å². The summed E-state index contributed by atoms with van der Waals surface area (Å²) in [6.45, 7) is 0.0997. The lowest BCUT2D eigenvalue weighted by Crippen LogP contribution is -2.27. The first-order chi connectivity index (χ1) is 13.5. The van der Waals surface area contributed by atoms with Crippen LogP contribution in [0.5, 0.6) is 0 Å². The van der Waals surface area contributed by atoms with Gasteiger partial charge in [-0.3, -0.25) is 14.9 Å². The standard InChI is InChI=1S/C21H14N2O5/c24-20-17(21(25)26)11-16-18(6-3-7-19(16)23(27)28)22(20)12-13-8-9-14-4-1-2-5-15(14)10-13/h1-11H,12H2,(H,25,26). The Balaban J connectivity index is 1.97. The van der Waals surface area contributed by atoms with Crippen molar-refractivity contribution >= 4 is 33.3 Å². The van der Waals surface area contributed by atoms with Gasteiger partial charge in [0.1, 0.15) is 5.56 Å². The molecule has 0 bridgehead atoms. The number of carboxylic acids is 1. The molecule has 0 saturated carbocycles. The molecule has 28 heavy (non-hydrogen) atoms. The molecule has 4 rings (SSSR count). The fourth-order valence-corrected chi connectivity index (χ4v) is 3.37. The molecule has 1 heterocycles. The first-order valence-electron chi connectivity index (χ1n) is 8.47. The number of rotatable bonds is 4. The monoisotopic (exact) mass is 374 g/mol. The third-order valence-electron chi connectivity index (χ3n) is 4.70. The van der Waals surface area contributed by atoms with Gasteiger partial charge in [-0.15, -0.1) is 0 Å². The van der Waals surface area contributed by atoms with E-state index in [1.165, 1.54) is 16.7 Å². The van der Waals surface area contributed by atoms with Crippen LogP contribution < -0.4 is 5.56 Å². The molecule has 3 aromatic carbocycles. The van der Waals surface area contributed by atoms with Crippen molar-refractivity contribution in [3.05, 3.63) is 98.3 Å². The lowest BCUT2D eigenvalue weighted by atomic mass is 10.1. The van der Waals surface area contributed by atoms with Crippen molar-refractivity contribution in [2.75, 3.05) is 0 Å². The van der Waals surface area contributed by atoms with Crippen molar-refractivity contribution in [1.82, 2.24) is 4.57 Å². The number of aromatic carboxylic acids is 1. The minimum absolute atomic E-state index is 0.0997. The number of hydrogen-bond acceptors (Lipinski definition) is 4. The largest absolute Gasteiger partial charge is 0.477 e. The number of hydrogen-bond donors (Lipinski definition) is 1. The van der Waals surface area contributed by atoms with E-state index < -0.39 is 22.0 Å². The lowest BCUT2D eigenvalue weighted by molar-refractivity contribution is -0.383. The van der Waals surface area contributed by atoms with E-state index >= 15 is 0 Å². The molecule has 4 aromatic rings. The number of carboxylic acid groups (broad SMARTS) is 1. The van der Waals surface area contributed by atoms with Crippen LogP contribution in [0.4, 0.5) is 5.69 Å². The zero-order valence-electron chi connectivity index (χ0n) is 14.5. The van der Waals surface area contributed by atoms with Crippen molar-refractivity contribution in [3.8, 4) is 0 Å². The van der Waals surface area contributed by atoms with E-state index in [1.54, 1.807) is 6.07 Å². The van der Waals surface area contributed by atoms with Crippen molar-refractivity contribution in [3.63, 3.8) is 0 Å². The van der Waals surface area contributed by atoms with Gasteiger partial charge >= 0.3 is 5.97 Å². The van der Waals surface area contributed by atoms with Crippen LogP contribution in [-0.4, -0.2) is 20.6 Å². The lowest BCUT2D eigenvalue weighted by Gasteiger charge is -2.12. The number of nitro benzene ring substituents is 1. The van der Waals surface area contributed by atoms with E-state index in [0.29, 0.717) is 5.52 Å². The van der Waals surface area contributed by atoms with Gasteiger partial charge in [0.25, 0.3) is 11.2 Å². The minimum atomic E-state index is -1.42. The highest BCUT2D eigenvalue weighted by Gasteiger charge is 2.20. The molecule has 0 aliphatic heterocycles. The van der Waals surface area contributed by atoms with Gasteiger partial charge in [0, 0.05) is 6.07 Å². The highest BCUT2D eigenvalue weighted by molar-refractivity contribution is 5.96. The SMILES string of the molecule is O=C(O)c1cc2c([N+](=O)[O-])cccc2n(Cc2ccc3ccccc3c2)c1=O. The molecule has 138 valence electrons. The molecule has 0 amide bonds. The van der Waals surface area contributed by atoms with Crippen LogP contribution in [0.15, 0.2) is 71.5 Å². The average molecular weight is 374 g/mol. The van der Waals surface area contributed by atoms with Crippen LogP contribution in [0.3, 0.4) is 0 Å². The summed E-state index contributed by atoms with van der Waals surface area (Å²) in [6, 6.07) is 18.9. The highest BCUT2D eigenvalue weighted by atomic mass is 16.6. The van der Waals surface area contributed by atoms with Gasteiger partial charge in [0.15, 0.2) is 0 Å². The molecular formula is C21H14N2O5. The Bertz CT molecular complexity index is 1320. The molecule has 1 N–H and O–H groups in total. The average Bonchev–Trinajstić information content (AvgIpc) is 2.69. The summed E-state index contributed by atoms with van der Waals surface area (Å²) in [6.07, 6.45) is 0. The third-order valence-corrected chi connectivity index (χ3v) is 4.70. The molecule has 0 radical (unpaired) electrons. The van der Waals surface area contributed by atoms with Crippen LogP contribution in [0.2, 0.25) is 0 Å². The van der Waals surface area contributed by atoms with E-state index in [9.17, 15) is 24.8 Å². The van der Waals surface area contributed by atoms with Gasteiger partial charge in [0.2, 0.25) is 0 Å². The summed E-state index contributed by atoms with van der Waals surface area (Å²) in [7, 11) is 0. The molecule has 0 unspecified atom stereocenters. The number of nitrogens with zero attached hydrogens (tertiary/aromatic N) is 2. The van der Waals surface area contributed by atoms with Crippen molar-refractivity contribution in [1.29, 1.82) is 0 Å². The van der Waals surface area contributed by atoms with Gasteiger partial charge < -0.3 is 9.67 Å². The zero-order chi connectivity index (χ0) is 19.8. The molecule has 0 saturated heterocycles. The fraction of sp³-hybridized carbons (Fsp3) is 0.0476. The summed E-state index contributed by atoms with van der Waals surface area (Å²) >= 11 is 0. The predicted octanol–water partition coefficient (Wildman–Crippen LogP) is 3.81. The number of nitro groups is 1. The van der Waals surface area contributed by atoms with E-state index in [0.717, 1.165) is 22.4 Å². The Morgan fingerprint density at radius 1 is 1.00 bits per heavy atom. The molecule has 0 spiro atoms. The summed E-state index contributed by atoms with van der Waals surface area (Å²) in [5.41, 5.74) is -0.336. The van der Waals surface area contributed by atoms with Crippen molar-refractivity contribution < 1.29 is 14.8 Å². The number of carbonyl (C=O) groups is 1. The van der Waals surface area contributed by atoms with Crippen LogP contribution in [0, 0.1) is 10.1 Å². The molecule has 0 fully saturated rings. The van der Waals surface area contributed by atoms with Gasteiger partial charge in [-0.05, 0) is 34.5 Å². The molecule has 0 aliphatic carbocycles. The Hall–Kier alpha value is -4.00. The summed E-state index contributed by atoms with van der Waals surface area (Å²) in [4.78, 5) is 35.1. The second-order valence-corrected chi connectivity index (χ2v) is 6.40. The Labute approximate surface area is 158 Å². The molecular weight excluding hydrogens is 360 g/mol. The molecule has 7 heteroatoms. The number of pyridine rings is 1. The smallest absolute Gasteiger partial charge is 0.341 e. The van der Waals surface area contributed by atoms with Gasteiger partial charge in [-0.2, -0.15) is 0 Å².